The molecule has 0 atom stereocenters. The van der Waals surface area contributed by atoms with Crippen molar-refractivity contribution < 1.29 is 17.5 Å². The molecule has 2 radical (unpaired) electrons. The molecule has 0 aromatic heterocycles. The summed E-state index contributed by atoms with van der Waals surface area (Å²) in [6.45, 7) is 0. The first-order valence-corrected chi connectivity index (χ1v) is 23.6. The van der Waals surface area contributed by atoms with E-state index < -0.39 is 49.9 Å². The topological polar surface area (TPSA) is 74.6 Å². The standard InChI is InChI=1S/6C6H5.H2O4S.2Sn/c6*1-2-4-6-5-3-1;1-5(2,3)4;;/h6*1-5H;(H2,1,2,3,4);;. The third-order valence-electron chi connectivity index (χ3n) is 6.37. The second-order valence-corrected chi connectivity index (χ2v) is 24.5. The van der Waals surface area contributed by atoms with E-state index in [1.165, 1.54) is 21.5 Å². The van der Waals surface area contributed by atoms with Gasteiger partial charge in [0, 0.05) is 0 Å². The molecule has 4 nitrogen and oxygen atoms in total. The Morgan fingerprint density at radius 2 is 0.419 bits per heavy atom. The molecule has 0 aliphatic rings. The van der Waals surface area contributed by atoms with Crippen molar-refractivity contribution in [2.75, 3.05) is 0 Å². The zero-order chi connectivity index (χ0) is 30.3. The fourth-order valence-corrected chi connectivity index (χ4v) is 19.3. The first-order chi connectivity index (χ1) is 20.9. The zero-order valence-electron chi connectivity index (χ0n) is 23.4. The first kappa shape index (κ1) is 32.7. The van der Waals surface area contributed by atoms with Gasteiger partial charge in [0.05, 0.1) is 0 Å². The minimum absolute atomic E-state index is 1.53. The van der Waals surface area contributed by atoms with E-state index in [0.29, 0.717) is 0 Å². The molecule has 2 N–H and O–H groups in total. The van der Waals surface area contributed by atoms with Gasteiger partial charge in [-0.05, 0) is 0 Å². The normalized spacial score (nSPS) is 10.7. The van der Waals surface area contributed by atoms with Gasteiger partial charge in [0.1, 0.15) is 0 Å². The predicted octanol–water partition coefficient (Wildman–Crippen LogP) is 3.75. The Morgan fingerprint density at radius 1 is 0.302 bits per heavy atom. The van der Waals surface area contributed by atoms with Crippen LogP contribution >= 0.6 is 0 Å². The summed E-state index contributed by atoms with van der Waals surface area (Å²) in [5.74, 6) is 0. The summed E-state index contributed by atoms with van der Waals surface area (Å²) in [6.07, 6.45) is 0. The molecule has 0 spiro atoms. The Morgan fingerprint density at radius 3 is 0.535 bits per heavy atom. The summed E-state index contributed by atoms with van der Waals surface area (Å²) in [5, 5.41) is 0. The fourth-order valence-electron chi connectivity index (χ4n) is 4.63. The third-order valence-corrected chi connectivity index (χ3v) is 22.0. The Balaban J connectivity index is 0.000000171. The van der Waals surface area contributed by atoms with Crippen molar-refractivity contribution >= 4 is 71.4 Å². The molecule has 0 unspecified atom stereocenters. The van der Waals surface area contributed by atoms with Gasteiger partial charge in [-0.1, -0.05) is 0 Å². The van der Waals surface area contributed by atoms with Gasteiger partial charge in [-0.25, -0.2) is 0 Å². The molecule has 0 saturated carbocycles. The van der Waals surface area contributed by atoms with Crippen molar-refractivity contribution in [3.05, 3.63) is 182 Å². The van der Waals surface area contributed by atoms with E-state index in [4.69, 9.17) is 17.5 Å². The summed E-state index contributed by atoms with van der Waals surface area (Å²) in [7, 11) is -4.67. The summed E-state index contributed by atoms with van der Waals surface area (Å²) < 4.78 is 40.8. The summed E-state index contributed by atoms with van der Waals surface area (Å²) >= 11 is -3.96. The van der Waals surface area contributed by atoms with Crippen LogP contribution in [0, 0.1) is 0 Å². The number of hydrogen-bond acceptors (Lipinski definition) is 2. The van der Waals surface area contributed by atoms with E-state index in [9.17, 15) is 0 Å². The van der Waals surface area contributed by atoms with Gasteiger partial charge in [-0.2, -0.15) is 8.42 Å². The number of hydrogen-bond donors (Lipinski definition) is 2. The quantitative estimate of drug-likeness (QED) is 0.199. The molecule has 0 saturated heterocycles. The maximum absolute atomic E-state index is 8.74. The van der Waals surface area contributed by atoms with Crippen LogP contribution in [0.25, 0.3) is 0 Å². The molecule has 0 bridgehead atoms. The fraction of sp³-hybridized carbons (Fsp3) is 0. The van der Waals surface area contributed by atoms with E-state index in [0.717, 1.165) is 0 Å². The van der Waals surface area contributed by atoms with Crippen molar-refractivity contribution in [1.29, 1.82) is 0 Å². The summed E-state index contributed by atoms with van der Waals surface area (Å²) in [4.78, 5) is 0. The van der Waals surface area contributed by atoms with Crippen molar-refractivity contribution in [1.82, 2.24) is 0 Å². The van der Waals surface area contributed by atoms with Crippen LogP contribution in [-0.4, -0.2) is 57.0 Å². The molecule has 0 heterocycles. The van der Waals surface area contributed by atoms with Gasteiger partial charge < -0.3 is 0 Å². The second kappa shape index (κ2) is 17.2. The molecule has 0 aliphatic carbocycles. The molecule has 214 valence electrons. The average molecular weight is 798 g/mol. The van der Waals surface area contributed by atoms with E-state index in [2.05, 4.69) is 182 Å². The number of rotatable bonds is 6. The molecular weight excluding hydrogens is 766 g/mol. The van der Waals surface area contributed by atoms with Crippen LogP contribution < -0.4 is 21.5 Å². The van der Waals surface area contributed by atoms with Gasteiger partial charge in [-0.3, -0.25) is 9.11 Å². The summed E-state index contributed by atoms with van der Waals surface area (Å²) in [6, 6.07) is 65.9. The van der Waals surface area contributed by atoms with Crippen molar-refractivity contribution in [2.45, 2.75) is 0 Å². The van der Waals surface area contributed by atoms with Gasteiger partial charge >= 0.3 is 253 Å². The molecule has 7 heteroatoms. The van der Waals surface area contributed by atoms with Gasteiger partial charge in [0.25, 0.3) is 0 Å². The van der Waals surface area contributed by atoms with Crippen LogP contribution in [0.15, 0.2) is 182 Å². The monoisotopic (exact) mass is 800 g/mol. The van der Waals surface area contributed by atoms with E-state index >= 15 is 0 Å². The van der Waals surface area contributed by atoms with Gasteiger partial charge in [0.2, 0.25) is 0 Å². The van der Waals surface area contributed by atoms with Crippen molar-refractivity contribution in [2.24, 2.45) is 0 Å². The average Bonchev–Trinajstić information content (AvgIpc) is 3.04. The first-order valence-electron chi connectivity index (χ1n) is 13.7. The van der Waals surface area contributed by atoms with Crippen LogP contribution in [0.2, 0.25) is 0 Å². The van der Waals surface area contributed by atoms with Crippen LogP contribution in [0.3, 0.4) is 0 Å². The Kier molecular flexibility index (Phi) is 13.1. The van der Waals surface area contributed by atoms with Crippen molar-refractivity contribution in [3.8, 4) is 0 Å². The Labute approximate surface area is 268 Å². The molecule has 43 heavy (non-hydrogen) atoms. The van der Waals surface area contributed by atoms with Crippen LogP contribution in [-0.2, 0) is 10.4 Å². The van der Waals surface area contributed by atoms with Crippen LogP contribution in [0.4, 0.5) is 0 Å². The predicted molar refractivity (Wildman–Crippen MR) is 182 cm³/mol. The summed E-state index contributed by atoms with van der Waals surface area (Å²) in [5.41, 5.74) is 0. The molecule has 6 aromatic rings. The molecule has 0 amide bonds. The molecule has 6 aromatic carbocycles. The van der Waals surface area contributed by atoms with E-state index in [1.807, 2.05) is 0 Å². The van der Waals surface area contributed by atoms with Crippen LogP contribution in [0.1, 0.15) is 0 Å². The Bertz CT molecular complexity index is 1410. The second-order valence-electron chi connectivity index (χ2n) is 9.39. The molecule has 6 rings (SSSR count). The third kappa shape index (κ3) is 11.1. The van der Waals surface area contributed by atoms with Crippen LogP contribution in [0.5, 0.6) is 0 Å². The molecule has 0 fully saturated rings. The SMILES string of the molecule is O=S(=O)(O)O.c1cc[c]([Sn]([c]2ccccc2)[c]2ccccc2)cc1.c1cc[c]([Sn]([c]2ccccc2)[c]2ccccc2)cc1. The maximum atomic E-state index is 8.74. The Hall–Kier alpha value is -3.21. The van der Waals surface area contributed by atoms with E-state index in [1.54, 1.807) is 0 Å². The zero-order valence-corrected chi connectivity index (χ0v) is 30.0. The molecule has 0 aliphatic heterocycles. The minimum atomic E-state index is -4.67. The van der Waals surface area contributed by atoms with Gasteiger partial charge in [-0.15, -0.1) is 0 Å². The van der Waals surface area contributed by atoms with E-state index in [-0.39, 0.29) is 0 Å². The van der Waals surface area contributed by atoms with Gasteiger partial charge in [0.15, 0.2) is 0 Å². The number of benzene rings is 6. The van der Waals surface area contributed by atoms with Crippen molar-refractivity contribution in [3.63, 3.8) is 0 Å². The molecular formula is C36H32O4SSn2.